The molecule has 1 saturated heterocycles. The predicted molar refractivity (Wildman–Crippen MR) is 102 cm³/mol. The minimum absolute atomic E-state index is 0.0866. The molecule has 2 aromatic rings. The summed E-state index contributed by atoms with van der Waals surface area (Å²) in [6.45, 7) is 9.36. The van der Waals surface area contributed by atoms with E-state index in [-0.39, 0.29) is 17.8 Å². The van der Waals surface area contributed by atoms with Crippen molar-refractivity contribution in [2.75, 3.05) is 19.6 Å². The molecule has 1 aliphatic heterocycles. The number of aromatic nitrogens is 1. The second-order valence-corrected chi connectivity index (χ2v) is 7.55. The highest BCUT2D eigenvalue weighted by Gasteiger charge is 2.31. The minimum Gasteiger partial charge on any atom is -0.351 e. The van der Waals surface area contributed by atoms with Crippen molar-refractivity contribution in [1.29, 1.82) is 0 Å². The van der Waals surface area contributed by atoms with E-state index in [1.165, 1.54) is 12.1 Å². The predicted octanol–water partition coefficient (Wildman–Crippen LogP) is 3.75. The molecule has 0 N–H and O–H groups in total. The van der Waals surface area contributed by atoms with Gasteiger partial charge < -0.3 is 9.42 Å². The third kappa shape index (κ3) is 4.75. The van der Waals surface area contributed by atoms with Crippen molar-refractivity contribution < 1.29 is 13.7 Å². The van der Waals surface area contributed by atoms with Crippen molar-refractivity contribution in [1.82, 2.24) is 15.0 Å². The first-order valence-electron chi connectivity index (χ1n) is 9.71. The molecule has 1 atom stereocenters. The molecule has 1 aromatic carbocycles. The summed E-state index contributed by atoms with van der Waals surface area (Å²) in [5.74, 6) is 0.405. The first kappa shape index (κ1) is 19.5. The molecular weight excluding hydrogens is 345 g/mol. The van der Waals surface area contributed by atoms with Gasteiger partial charge in [0.2, 0.25) is 5.76 Å². The van der Waals surface area contributed by atoms with E-state index in [4.69, 9.17) is 4.52 Å². The highest BCUT2D eigenvalue weighted by atomic mass is 19.1. The monoisotopic (exact) mass is 373 g/mol. The molecule has 0 bridgehead atoms. The Labute approximate surface area is 160 Å². The molecule has 6 heteroatoms. The van der Waals surface area contributed by atoms with E-state index in [0.29, 0.717) is 24.8 Å². The number of hydrogen-bond acceptors (Lipinski definition) is 4. The molecule has 1 amide bonds. The second kappa shape index (κ2) is 8.65. The molecule has 1 fully saturated rings. The topological polar surface area (TPSA) is 49.6 Å². The quantitative estimate of drug-likeness (QED) is 0.801. The molecular formula is C21H28FN3O2. The van der Waals surface area contributed by atoms with Crippen LogP contribution in [0.25, 0.3) is 0 Å². The van der Waals surface area contributed by atoms with Gasteiger partial charge in [-0.05, 0) is 36.5 Å². The lowest BCUT2D eigenvalue weighted by atomic mass is 10.0. The zero-order valence-electron chi connectivity index (χ0n) is 16.3. The minimum atomic E-state index is -0.217. The lowest BCUT2D eigenvalue weighted by Gasteiger charge is -2.34. The Bertz CT molecular complexity index is 757. The Morgan fingerprint density at radius 1 is 1.30 bits per heavy atom. The number of nitrogens with zero attached hydrogens (tertiary/aromatic N) is 3. The van der Waals surface area contributed by atoms with E-state index >= 15 is 0 Å². The Morgan fingerprint density at radius 3 is 2.67 bits per heavy atom. The van der Waals surface area contributed by atoms with Crippen LogP contribution in [-0.2, 0) is 13.0 Å². The highest BCUT2D eigenvalue weighted by molar-refractivity contribution is 5.91. The van der Waals surface area contributed by atoms with Gasteiger partial charge in [0.25, 0.3) is 5.91 Å². The van der Waals surface area contributed by atoms with Gasteiger partial charge in [-0.15, -0.1) is 0 Å². The lowest BCUT2D eigenvalue weighted by molar-refractivity contribution is 0.0662. The maximum Gasteiger partial charge on any atom is 0.292 e. The summed E-state index contributed by atoms with van der Waals surface area (Å²) in [4.78, 5) is 17.2. The maximum atomic E-state index is 13.2. The fourth-order valence-electron chi connectivity index (χ4n) is 3.64. The number of hydrogen-bond donors (Lipinski definition) is 0. The van der Waals surface area contributed by atoms with E-state index in [9.17, 15) is 9.18 Å². The Kier molecular flexibility index (Phi) is 6.26. The van der Waals surface area contributed by atoms with Gasteiger partial charge >= 0.3 is 0 Å². The summed E-state index contributed by atoms with van der Waals surface area (Å²) in [5.41, 5.74) is 1.89. The molecule has 2 heterocycles. The summed E-state index contributed by atoms with van der Waals surface area (Å²) in [6, 6.07) is 8.65. The third-order valence-corrected chi connectivity index (χ3v) is 5.24. The largest absolute Gasteiger partial charge is 0.351 e. The lowest BCUT2D eigenvalue weighted by Crippen LogP contribution is -2.45. The van der Waals surface area contributed by atoms with Gasteiger partial charge in [0.05, 0.1) is 5.69 Å². The van der Waals surface area contributed by atoms with Gasteiger partial charge in [0.1, 0.15) is 5.82 Å². The summed E-state index contributed by atoms with van der Waals surface area (Å²) in [5, 5.41) is 3.94. The molecule has 1 aromatic heterocycles. The normalized spacial score (nSPS) is 18.7. The number of carbonyl (C=O) groups excluding carboxylic acids is 1. The maximum absolute atomic E-state index is 13.2. The molecule has 5 nitrogen and oxygen atoms in total. The number of halogens is 1. The van der Waals surface area contributed by atoms with Crippen LogP contribution in [0.5, 0.6) is 0 Å². The first-order valence-corrected chi connectivity index (χ1v) is 9.71. The average Bonchev–Trinajstić information content (AvgIpc) is 3.04. The van der Waals surface area contributed by atoms with Crippen LogP contribution in [0.4, 0.5) is 4.39 Å². The summed E-state index contributed by atoms with van der Waals surface area (Å²) in [6.07, 6.45) is 1.64. The fourth-order valence-corrected chi connectivity index (χ4v) is 3.64. The van der Waals surface area contributed by atoms with E-state index in [2.05, 4.69) is 23.9 Å². The molecule has 146 valence electrons. The standard InChI is InChI=1S/C21H28FN3O2/c1-4-18-12-20(27-23-18)21(26)25-11-5-10-24(19(14-25)15(2)3)13-16-6-8-17(22)9-7-16/h6-9,12,15,19H,4-5,10-11,13-14H2,1-3H3/t19-/m0/s1. The van der Waals surface area contributed by atoms with Crippen LogP contribution in [0.1, 0.15) is 49.0 Å². The summed E-state index contributed by atoms with van der Waals surface area (Å²) < 4.78 is 18.4. The van der Waals surface area contributed by atoms with Gasteiger partial charge in [-0.1, -0.05) is 38.1 Å². The van der Waals surface area contributed by atoms with E-state index in [0.717, 1.165) is 37.2 Å². The van der Waals surface area contributed by atoms with Crippen LogP contribution in [-0.4, -0.2) is 46.5 Å². The van der Waals surface area contributed by atoms with Crippen LogP contribution in [0, 0.1) is 11.7 Å². The third-order valence-electron chi connectivity index (χ3n) is 5.24. The van der Waals surface area contributed by atoms with Crippen molar-refractivity contribution in [3.05, 3.63) is 53.2 Å². The Balaban J connectivity index is 1.74. The molecule has 0 spiro atoms. The molecule has 27 heavy (non-hydrogen) atoms. The zero-order chi connectivity index (χ0) is 19.4. The highest BCUT2D eigenvalue weighted by Crippen LogP contribution is 2.21. The van der Waals surface area contributed by atoms with Crippen molar-refractivity contribution in [3.63, 3.8) is 0 Å². The molecule has 0 unspecified atom stereocenters. The van der Waals surface area contributed by atoms with Crippen molar-refractivity contribution in [3.8, 4) is 0 Å². The van der Waals surface area contributed by atoms with Gasteiger partial charge in [-0.2, -0.15) is 0 Å². The fraction of sp³-hybridized carbons (Fsp3) is 0.524. The first-order chi connectivity index (χ1) is 13.0. The SMILES string of the molecule is CCc1cc(C(=O)N2CCCN(Cc3ccc(F)cc3)[C@H](C(C)C)C2)on1. The van der Waals surface area contributed by atoms with Crippen LogP contribution in [0.3, 0.4) is 0 Å². The van der Waals surface area contributed by atoms with Gasteiger partial charge in [-0.25, -0.2) is 4.39 Å². The molecule has 0 saturated carbocycles. The average molecular weight is 373 g/mol. The summed E-state index contributed by atoms with van der Waals surface area (Å²) >= 11 is 0. The second-order valence-electron chi connectivity index (χ2n) is 7.55. The molecule has 1 aliphatic rings. The Hall–Kier alpha value is -2.21. The van der Waals surface area contributed by atoms with Crippen molar-refractivity contribution in [2.45, 2.75) is 46.2 Å². The van der Waals surface area contributed by atoms with Gasteiger partial charge in [0, 0.05) is 38.3 Å². The van der Waals surface area contributed by atoms with Crippen LogP contribution in [0.2, 0.25) is 0 Å². The van der Waals surface area contributed by atoms with E-state index in [1.807, 2.05) is 24.0 Å². The smallest absolute Gasteiger partial charge is 0.292 e. The van der Waals surface area contributed by atoms with Crippen molar-refractivity contribution >= 4 is 5.91 Å². The van der Waals surface area contributed by atoms with E-state index in [1.54, 1.807) is 6.07 Å². The van der Waals surface area contributed by atoms with Crippen molar-refractivity contribution in [2.24, 2.45) is 5.92 Å². The van der Waals surface area contributed by atoms with Crippen LogP contribution >= 0.6 is 0 Å². The summed E-state index contributed by atoms with van der Waals surface area (Å²) in [7, 11) is 0. The zero-order valence-corrected chi connectivity index (χ0v) is 16.3. The number of rotatable bonds is 5. The number of carbonyl (C=O) groups is 1. The Morgan fingerprint density at radius 2 is 2.04 bits per heavy atom. The van der Waals surface area contributed by atoms with E-state index < -0.39 is 0 Å². The number of aryl methyl sites for hydroxylation is 1. The van der Waals surface area contributed by atoms with Crippen LogP contribution in [0.15, 0.2) is 34.9 Å². The molecule has 0 radical (unpaired) electrons. The molecule has 0 aliphatic carbocycles. The van der Waals surface area contributed by atoms with Gasteiger partial charge in [0.15, 0.2) is 0 Å². The molecule has 3 rings (SSSR count). The number of benzene rings is 1. The number of amides is 1. The van der Waals surface area contributed by atoms with Gasteiger partial charge in [-0.3, -0.25) is 9.69 Å². The van der Waals surface area contributed by atoms with Crippen LogP contribution < -0.4 is 0 Å².